The Balaban J connectivity index is 2.42. The number of esters is 2. The molecule has 5 nitrogen and oxygen atoms in total. The molecule has 104 valence electrons. The Morgan fingerprint density at radius 2 is 1.95 bits per heavy atom. The fourth-order valence-corrected chi connectivity index (χ4v) is 1.62. The van der Waals surface area contributed by atoms with Gasteiger partial charge in [-0.15, -0.1) is 0 Å². The minimum Gasteiger partial charge on any atom is -0.469 e. The summed E-state index contributed by atoms with van der Waals surface area (Å²) in [6.45, 7) is -0.00156. The standard InChI is InChI=1S/C14H18O5/c1-18-14(17)12(7-8-15)9-13(16)19-10-11-5-3-2-4-6-11/h2-6,12,15H,7-10H2,1H3/t12-/m1/s1. The van der Waals surface area contributed by atoms with E-state index in [9.17, 15) is 9.59 Å². The van der Waals surface area contributed by atoms with Gasteiger partial charge in [0.25, 0.3) is 0 Å². The third-order valence-corrected chi connectivity index (χ3v) is 2.67. The highest BCUT2D eigenvalue weighted by Crippen LogP contribution is 2.12. The molecule has 0 fully saturated rings. The van der Waals surface area contributed by atoms with Gasteiger partial charge >= 0.3 is 11.9 Å². The Labute approximate surface area is 112 Å². The highest BCUT2D eigenvalue weighted by Gasteiger charge is 2.22. The largest absolute Gasteiger partial charge is 0.469 e. The average Bonchev–Trinajstić information content (AvgIpc) is 2.45. The van der Waals surface area contributed by atoms with E-state index in [1.165, 1.54) is 7.11 Å². The Kier molecular flexibility index (Phi) is 6.60. The molecule has 0 aromatic heterocycles. The maximum atomic E-state index is 11.6. The molecule has 1 aromatic rings. The number of ether oxygens (including phenoxy) is 2. The van der Waals surface area contributed by atoms with Crippen LogP contribution in [0.3, 0.4) is 0 Å². The van der Waals surface area contributed by atoms with E-state index in [4.69, 9.17) is 9.84 Å². The molecule has 1 atom stereocenters. The zero-order chi connectivity index (χ0) is 14.1. The number of aliphatic hydroxyl groups is 1. The monoisotopic (exact) mass is 266 g/mol. The lowest BCUT2D eigenvalue weighted by atomic mass is 10.0. The van der Waals surface area contributed by atoms with E-state index in [2.05, 4.69) is 4.74 Å². The summed E-state index contributed by atoms with van der Waals surface area (Å²) in [6, 6.07) is 9.27. The molecular formula is C14H18O5. The van der Waals surface area contributed by atoms with Gasteiger partial charge in [-0.25, -0.2) is 0 Å². The van der Waals surface area contributed by atoms with Crippen LogP contribution in [0.2, 0.25) is 0 Å². The summed E-state index contributed by atoms with van der Waals surface area (Å²) in [5.74, 6) is -1.64. The molecule has 0 amide bonds. The van der Waals surface area contributed by atoms with Crippen LogP contribution < -0.4 is 0 Å². The minimum atomic E-state index is -0.654. The first kappa shape index (κ1) is 15.2. The second-order valence-corrected chi connectivity index (χ2v) is 4.08. The van der Waals surface area contributed by atoms with Gasteiger partial charge in [-0.2, -0.15) is 0 Å². The van der Waals surface area contributed by atoms with Gasteiger partial charge in [0, 0.05) is 6.61 Å². The number of hydrogen-bond acceptors (Lipinski definition) is 5. The van der Waals surface area contributed by atoms with E-state index in [1.807, 2.05) is 30.3 Å². The normalized spacial score (nSPS) is 11.7. The van der Waals surface area contributed by atoms with Crippen LogP contribution in [0, 0.1) is 5.92 Å². The number of rotatable bonds is 7. The van der Waals surface area contributed by atoms with E-state index in [0.29, 0.717) is 0 Å². The molecule has 0 heterocycles. The minimum absolute atomic E-state index is 0.0833. The number of benzene rings is 1. The fraction of sp³-hybridized carbons (Fsp3) is 0.429. The molecule has 0 saturated carbocycles. The molecular weight excluding hydrogens is 248 g/mol. The first-order chi connectivity index (χ1) is 9.17. The van der Waals surface area contributed by atoms with Crippen molar-refractivity contribution in [3.8, 4) is 0 Å². The quantitative estimate of drug-likeness (QED) is 0.753. The molecule has 0 bridgehead atoms. The van der Waals surface area contributed by atoms with E-state index in [-0.39, 0.29) is 26.1 Å². The van der Waals surface area contributed by atoms with Gasteiger partial charge in [-0.05, 0) is 12.0 Å². The van der Waals surface area contributed by atoms with Crippen molar-refractivity contribution < 1.29 is 24.2 Å². The van der Waals surface area contributed by atoms with Gasteiger partial charge in [0.05, 0.1) is 19.4 Å². The van der Waals surface area contributed by atoms with Crippen molar-refractivity contribution in [2.75, 3.05) is 13.7 Å². The van der Waals surface area contributed by atoms with Crippen LogP contribution in [0.4, 0.5) is 0 Å². The first-order valence-electron chi connectivity index (χ1n) is 6.05. The van der Waals surface area contributed by atoms with Crippen LogP contribution in [0.1, 0.15) is 18.4 Å². The molecule has 0 spiro atoms. The molecule has 0 aliphatic carbocycles. The van der Waals surface area contributed by atoms with Crippen LogP contribution in [0.5, 0.6) is 0 Å². The van der Waals surface area contributed by atoms with Crippen molar-refractivity contribution in [3.05, 3.63) is 35.9 Å². The topological polar surface area (TPSA) is 72.8 Å². The lowest BCUT2D eigenvalue weighted by molar-refractivity contribution is -0.154. The summed E-state index contributed by atoms with van der Waals surface area (Å²) in [5, 5.41) is 8.84. The van der Waals surface area contributed by atoms with Crippen molar-refractivity contribution >= 4 is 11.9 Å². The van der Waals surface area contributed by atoms with E-state index in [0.717, 1.165) is 5.56 Å². The Morgan fingerprint density at radius 3 is 2.53 bits per heavy atom. The summed E-state index contributed by atoms with van der Waals surface area (Å²) in [6.07, 6.45) is 0.104. The molecule has 1 rings (SSSR count). The number of hydrogen-bond donors (Lipinski definition) is 1. The Morgan fingerprint density at radius 1 is 1.26 bits per heavy atom. The van der Waals surface area contributed by atoms with Crippen LogP contribution in [0.25, 0.3) is 0 Å². The van der Waals surface area contributed by atoms with Crippen molar-refractivity contribution in [3.63, 3.8) is 0 Å². The van der Waals surface area contributed by atoms with Crippen molar-refractivity contribution in [1.29, 1.82) is 0 Å². The third kappa shape index (κ3) is 5.52. The predicted molar refractivity (Wildman–Crippen MR) is 68.1 cm³/mol. The molecule has 5 heteroatoms. The van der Waals surface area contributed by atoms with Gasteiger partial charge in [-0.3, -0.25) is 9.59 Å². The SMILES string of the molecule is COC(=O)[C@H](CCO)CC(=O)OCc1ccccc1. The molecule has 0 unspecified atom stereocenters. The molecule has 0 radical (unpaired) electrons. The Hall–Kier alpha value is -1.88. The Bertz CT molecular complexity index is 402. The fourth-order valence-electron chi connectivity index (χ4n) is 1.62. The first-order valence-corrected chi connectivity index (χ1v) is 6.05. The lowest BCUT2D eigenvalue weighted by Gasteiger charge is -2.12. The third-order valence-electron chi connectivity index (χ3n) is 2.67. The summed E-state index contributed by atoms with van der Waals surface area (Å²) < 4.78 is 9.64. The van der Waals surface area contributed by atoms with Crippen molar-refractivity contribution in [2.24, 2.45) is 5.92 Å². The maximum Gasteiger partial charge on any atom is 0.309 e. The maximum absolute atomic E-state index is 11.6. The number of carbonyl (C=O) groups excluding carboxylic acids is 2. The van der Waals surface area contributed by atoms with Crippen LogP contribution in [-0.2, 0) is 25.7 Å². The summed E-state index contributed by atoms with van der Waals surface area (Å²) in [5.41, 5.74) is 0.882. The second-order valence-electron chi connectivity index (χ2n) is 4.08. The molecule has 0 aliphatic heterocycles. The lowest BCUT2D eigenvalue weighted by Crippen LogP contribution is -2.22. The summed E-state index contributed by atoms with van der Waals surface area (Å²) >= 11 is 0. The van der Waals surface area contributed by atoms with Gasteiger partial charge in [0.1, 0.15) is 6.61 Å². The number of carbonyl (C=O) groups is 2. The highest BCUT2D eigenvalue weighted by atomic mass is 16.5. The molecule has 1 aromatic carbocycles. The smallest absolute Gasteiger partial charge is 0.309 e. The van der Waals surface area contributed by atoms with Gasteiger partial charge in [0.15, 0.2) is 0 Å². The summed E-state index contributed by atoms with van der Waals surface area (Å²) in [4.78, 5) is 23.0. The molecule has 19 heavy (non-hydrogen) atoms. The molecule has 1 N–H and O–H groups in total. The van der Waals surface area contributed by atoms with E-state index < -0.39 is 17.9 Å². The molecule has 0 saturated heterocycles. The van der Waals surface area contributed by atoms with E-state index >= 15 is 0 Å². The summed E-state index contributed by atoms with van der Waals surface area (Å²) in [7, 11) is 1.25. The van der Waals surface area contributed by atoms with E-state index in [1.54, 1.807) is 0 Å². The number of aliphatic hydroxyl groups excluding tert-OH is 1. The highest BCUT2D eigenvalue weighted by molar-refractivity contribution is 5.79. The zero-order valence-corrected chi connectivity index (χ0v) is 10.9. The average molecular weight is 266 g/mol. The van der Waals surface area contributed by atoms with Crippen LogP contribution >= 0.6 is 0 Å². The zero-order valence-electron chi connectivity index (χ0n) is 10.9. The van der Waals surface area contributed by atoms with Gasteiger partial charge < -0.3 is 14.6 Å². The van der Waals surface area contributed by atoms with Crippen molar-refractivity contribution in [1.82, 2.24) is 0 Å². The van der Waals surface area contributed by atoms with Gasteiger partial charge in [-0.1, -0.05) is 30.3 Å². The molecule has 0 aliphatic rings. The van der Waals surface area contributed by atoms with Crippen LogP contribution in [-0.4, -0.2) is 30.8 Å². The van der Waals surface area contributed by atoms with Crippen molar-refractivity contribution in [2.45, 2.75) is 19.4 Å². The number of methoxy groups -OCH3 is 1. The van der Waals surface area contributed by atoms with Crippen LogP contribution in [0.15, 0.2) is 30.3 Å². The van der Waals surface area contributed by atoms with Gasteiger partial charge in [0.2, 0.25) is 0 Å². The predicted octanol–water partition coefficient (Wildman–Crippen LogP) is 1.29. The second kappa shape index (κ2) is 8.26.